The van der Waals surface area contributed by atoms with Gasteiger partial charge in [0.1, 0.15) is 17.2 Å². The van der Waals surface area contributed by atoms with Crippen LogP contribution in [-0.4, -0.2) is 40.7 Å². The van der Waals surface area contributed by atoms with Crippen LogP contribution in [0.3, 0.4) is 0 Å². The average Bonchev–Trinajstić information content (AvgIpc) is 3.24. The van der Waals surface area contributed by atoms with Gasteiger partial charge < -0.3 is 15.0 Å². The van der Waals surface area contributed by atoms with Crippen LogP contribution in [-0.2, 0) is 4.74 Å². The summed E-state index contributed by atoms with van der Waals surface area (Å²) in [6.07, 6.45) is 5.48. The molecule has 1 spiro atoms. The van der Waals surface area contributed by atoms with Gasteiger partial charge in [-0.15, -0.1) is 0 Å². The minimum atomic E-state index is -0.498. The summed E-state index contributed by atoms with van der Waals surface area (Å²) in [5, 5.41) is 3.23. The lowest BCUT2D eigenvalue weighted by Gasteiger charge is -2.40. The van der Waals surface area contributed by atoms with Crippen LogP contribution in [0.2, 0.25) is 0 Å². The van der Waals surface area contributed by atoms with Crippen LogP contribution in [0.5, 0.6) is 0 Å². The number of nitrogens with one attached hydrogen (secondary N) is 1. The number of piperidine rings is 1. The molecule has 1 aliphatic carbocycles. The van der Waals surface area contributed by atoms with Gasteiger partial charge in [-0.1, -0.05) is 0 Å². The zero-order chi connectivity index (χ0) is 17.4. The first-order valence-corrected chi connectivity index (χ1v) is 8.61. The highest BCUT2D eigenvalue weighted by Crippen LogP contribution is 2.55. The fraction of sp³-hybridized carbons (Fsp3) is 0.667. The molecule has 6 heteroatoms. The van der Waals surface area contributed by atoms with E-state index in [1.807, 2.05) is 25.7 Å². The number of rotatable bonds is 3. The second kappa shape index (κ2) is 6.22. The molecule has 132 valence electrons. The van der Waals surface area contributed by atoms with E-state index in [9.17, 15) is 9.18 Å². The number of hydrogen-bond acceptors (Lipinski definition) is 4. The molecule has 2 aliphatic rings. The number of likely N-dealkylation sites (tertiary alicyclic amines) is 1. The van der Waals surface area contributed by atoms with E-state index in [0.717, 1.165) is 19.4 Å². The number of ether oxygens (including phenoxy) is 1. The zero-order valence-electron chi connectivity index (χ0n) is 14.6. The molecule has 1 aromatic rings. The standard InChI is InChI=1S/C18H26FN3O2/c1-17(2,3)24-16(23)22-9-8-18(6-7-18)10-14(22)12-21-15-5-4-13(19)11-20-15/h4-5,11,14H,6-10,12H2,1-3H3,(H,20,21). The van der Waals surface area contributed by atoms with Gasteiger partial charge in [-0.2, -0.15) is 0 Å². The Bertz CT molecular complexity index is 593. The fourth-order valence-corrected chi connectivity index (χ4v) is 3.33. The number of anilines is 1. The van der Waals surface area contributed by atoms with Crippen LogP contribution in [0.1, 0.15) is 46.5 Å². The minimum Gasteiger partial charge on any atom is -0.444 e. The summed E-state index contributed by atoms with van der Waals surface area (Å²) in [7, 11) is 0. The second-order valence-corrected chi connectivity index (χ2v) is 8.02. The van der Waals surface area contributed by atoms with Gasteiger partial charge >= 0.3 is 6.09 Å². The van der Waals surface area contributed by atoms with Crippen molar-refractivity contribution in [3.8, 4) is 0 Å². The number of pyridine rings is 1. The molecule has 1 saturated carbocycles. The molecule has 0 radical (unpaired) electrons. The normalized spacial score (nSPS) is 22.3. The summed E-state index contributed by atoms with van der Waals surface area (Å²) in [4.78, 5) is 18.4. The van der Waals surface area contributed by atoms with E-state index in [2.05, 4.69) is 10.3 Å². The SMILES string of the molecule is CC(C)(C)OC(=O)N1CCC2(CC2)CC1CNc1ccc(F)cn1. The van der Waals surface area contributed by atoms with Crippen LogP contribution in [0.25, 0.3) is 0 Å². The Hall–Kier alpha value is -1.85. The number of carbonyl (C=O) groups is 1. The molecule has 3 rings (SSSR count). The van der Waals surface area contributed by atoms with Crippen molar-refractivity contribution in [3.63, 3.8) is 0 Å². The van der Waals surface area contributed by atoms with Crippen molar-refractivity contribution in [3.05, 3.63) is 24.1 Å². The predicted octanol–water partition coefficient (Wildman–Crippen LogP) is 3.81. The summed E-state index contributed by atoms with van der Waals surface area (Å²) in [5.41, 5.74) is -0.0800. The summed E-state index contributed by atoms with van der Waals surface area (Å²) >= 11 is 0. The van der Waals surface area contributed by atoms with Gasteiger partial charge in [-0.3, -0.25) is 0 Å². The highest BCUT2D eigenvalue weighted by atomic mass is 19.1. The lowest BCUT2D eigenvalue weighted by molar-refractivity contribution is 0.00462. The minimum absolute atomic E-state index is 0.0722. The summed E-state index contributed by atoms with van der Waals surface area (Å²) in [5.74, 6) is 0.265. The number of hydrogen-bond donors (Lipinski definition) is 1. The Kier molecular flexibility index (Phi) is 4.40. The molecule has 24 heavy (non-hydrogen) atoms. The maximum absolute atomic E-state index is 13.0. The molecule has 1 aromatic heterocycles. The number of aromatic nitrogens is 1. The first kappa shape index (κ1) is 17.0. The molecule has 1 saturated heterocycles. The lowest BCUT2D eigenvalue weighted by Crippen LogP contribution is -2.51. The molecule has 0 aromatic carbocycles. The molecule has 1 atom stereocenters. The molecule has 1 unspecified atom stereocenters. The van der Waals surface area contributed by atoms with Crippen LogP contribution in [0.4, 0.5) is 15.0 Å². The van der Waals surface area contributed by atoms with Crippen molar-refractivity contribution in [1.29, 1.82) is 0 Å². The van der Waals surface area contributed by atoms with Gasteiger partial charge in [0.05, 0.1) is 12.2 Å². The quantitative estimate of drug-likeness (QED) is 0.912. The molecule has 1 amide bonds. The van der Waals surface area contributed by atoms with Crippen LogP contribution in [0.15, 0.2) is 18.3 Å². The van der Waals surface area contributed by atoms with E-state index >= 15 is 0 Å². The number of nitrogens with zero attached hydrogens (tertiary/aromatic N) is 2. The average molecular weight is 335 g/mol. The summed E-state index contributed by atoms with van der Waals surface area (Å²) in [6, 6.07) is 3.07. The van der Waals surface area contributed by atoms with Gasteiger partial charge in [0.15, 0.2) is 0 Å². The Morgan fingerprint density at radius 1 is 1.42 bits per heavy atom. The van der Waals surface area contributed by atoms with Gasteiger partial charge in [0.2, 0.25) is 0 Å². The number of carbonyl (C=O) groups excluding carboxylic acids is 1. The van der Waals surface area contributed by atoms with Crippen molar-refractivity contribution in [2.75, 3.05) is 18.4 Å². The molecule has 5 nitrogen and oxygen atoms in total. The van der Waals surface area contributed by atoms with Crippen molar-refractivity contribution in [2.24, 2.45) is 5.41 Å². The predicted molar refractivity (Wildman–Crippen MR) is 90.3 cm³/mol. The number of amides is 1. The van der Waals surface area contributed by atoms with Crippen molar-refractivity contribution < 1.29 is 13.9 Å². The molecule has 2 heterocycles. The van der Waals surface area contributed by atoms with E-state index < -0.39 is 5.60 Å². The van der Waals surface area contributed by atoms with Gasteiger partial charge in [-0.25, -0.2) is 14.2 Å². The first-order valence-electron chi connectivity index (χ1n) is 8.61. The van der Waals surface area contributed by atoms with E-state index in [4.69, 9.17) is 4.74 Å². The van der Waals surface area contributed by atoms with E-state index in [0.29, 0.717) is 17.8 Å². The van der Waals surface area contributed by atoms with Crippen molar-refractivity contribution in [1.82, 2.24) is 9.88 Å². The van der Waals surface area contributed by atoms with Crippen LogP contribution < -0.4 is 5.32 Å². The van der Waals surface area contributed by atoms with Gasteiger partial charge in [-0.05, 0) is 64.0 Å². The molecular formula is C18H26FN3O2. The van der Waals surface area contributed by atoms with E-state index in [1.54, 1.807) is 6.07 Å². The molecule has 1 N–H and O–H groups in total. The van der Waals surface area contributed by atoms with E-state index in [1.165, 1.54) is 25.1 Å². The smallest absolute Gasteiger partial charge is 0.410 e. The third kappa shape index (κ3) is 4.16. The maximum atomic E-state index is 13.0. The Balaban J connectivity index is 1.65. The molecular weight excluding hydrogens is 309 g/mol. The van der Waals surface area contributed by atoms with Crippen LogP contribution in [0, 0.1) is 11.2 Å². The summed E-state index contributed by atoms with van der Waals surface area (Å²) in [6.45, 7) is 6.98. The third-order valence-corrected chi connectivity index (χ3v) is 4.82. The monoisotopic (exact) mass is 335 g/mol. The first-order chi connectivity index (χ1) is 11.3. The van der Waals surface area contributed by atoms with Crippen molar-refractivity contribution >= 4 is 11.9 Å². The largest absolute Gasteiger partial charge is 0.444 e. The van der Waals surface area contributed by atoms with Gasteiger partial charge in [0.25, 0.3) is 0 Å². The van der Waals surface area contributed by atoms with Crippen LogP contribution >= 0.6 is 0 Å². The Morgan fingerprint density at radius 2 is 2.17 bits per heavy atom. The lowest BCUT2D eigenvalue weighted by atomic mass is 9.88. The Morgan fingerprint density at radius 3 is 2.75 bits per heavy atom. The van der Waals surface area contributed by atoms with Crippen molar-refractivity contribution in [2.45, 2.75) is 58.1 Å². The summed E-state index contributed by atoms with van der Waals surface area (Å²) < 4.78 is 18.5. The topological polar surface area (TPSA) is 54.5 Å². The Labute approximate surface area is 142 Å². The number of halogens is 1. The highest BCUT2D eigenvalue weighted by molar-refractivity contribution is 5.69. The van der Waals surface area contributed by atoms with Gasteiger partial charge in [0, 0.05) is 13.1 Å². The molecule has 2 fully saturated rings. The molecule has 0 bridgehead atoms. The second-order valence-electron chi connectivity index (χ2n) is 8.02. The molecule has 1 aliphatic heterocycles. The highest BCUT2D eigenvalue weighted by Gasteiger charge is 2.49. The zero-order valence-corrected chi connectivity index (χ0v) is 14.6. The fourth-order valence-electron chi connectivity index (χ4n) is 3.33. The third-order valence-electron chi connectivity index (χ3n) is 4.82. The maximum Gasteiger partial charge on any atom is 0.410 e. The van der Waals surface area contributed by atoms with E-state index in [-0.39, 0.29) is 18.0 Å².